The van der Waals surface area contributed by atoms with E-state index in [0.717, 1.165) is 15.4 Å². The second-order valence-electron chi connectivity index (χ2n) is 4.26. The van der Waals surface area contributed by atoms with Crippen LogP contribution in [0, 0.1) is 0 Å². The first kappa shape index (κ1) is 11.7. The van der Waals surface area contributed by atoms with E-state index in [1.807, 2.05) is 29.2 Å². The Hall–Kier alpha value is -1.33. The standard InChI is InChI=1S/C13H13BrN2O2/c14-11-9-3-1-2-4-10(9)15-12(11)13(17)16-5-7-18-8-6-16/h1-4,15H,5-8H2. The topological polar surface area (TPSA) is 45.3 Å². The zero-order valence-corrected chi connectivity index (χ0v) is 11.4. The zero-order valence-electron chi connectivity index (χ0n) is 9.78. The third-order valence-electron chi connectivity index (χ3n) is 3.15. The second kappa shape index (κ2) is 4.74. The molecule has 0 aliphatic carbocycles. The highest BCUT2D eigenvalue weighted by Gasteiger charge is 2.23. The minimum atomic E-state index is 0.0291. The lowest BCUT2D eigenvalue weighted by atomic mass is 10.2. The molecule has 0 saturated carbocycles. The number of para-hydroxylation sites is 1. The van der Waals surface area contributed by atoms with E-state index < -0.39 is 0 Å². The van der Waals surface area contributed by atoms with E-state index >= 15 is 0 Å². The van der Waals surface area contributed by atoms with Gasteiger partial charge in [0.15, 0.2) is 0 Å². The van der Waals surface area contributed by atoms with Crippen LogP contribution in [-0.2, 0) is 4.74 Å². The maximum atomic E-state index is 12.4. The maximum Gasteiger partial charge on any atom is 0.271 e. The Morgan fingerprint density at radius 2 is 2.00 bits per heavy atom. The molecular weight excluding hydrogens is 296 g/mol. The lowest BCUT2D eigenvalue weighted by Crippen LogP contribution is -2.40. The number of hydrogen-bond acceptors (Lipinski definition) is 2. The van der Waals surface area contributed by atoms with E-state index in [1.165, 1.54) is 0 Å². The largest absolute Gasteiger partial charge is 0.378 e. The quantitative estimate of drug-likeness (QED) is 0.879. The van der Waals surface area contributed by atoms with Crippen LogP contribution in [0.4, 0.5) is 0 Å². The Kier molecular flexibility index (Phi) is 3.09. The summed E-state index contributed by atoms with van der Waals surface area (Å²) in [5.41, 5.74) is 1.60. The SMILES string of the molecule is O=C(c1[nH]c2ccccc2c1Br)N1CCOCC1. The first-order chi connectivity index (χ1) is 8.77. The molecule has 2 aromatic rings. The van der Waals surface area contributed by atoms with Gasteiger partial charge in [-0.25, -0.2) is 0 Å². The fourth-order valence-corrected chi connectivity index (χ4v) is 2.79. The van der Waals surface area contributed by atoms with E-state index in [9.17, 15) is 4.79 Å². The van der Waals surface area contributed by atoms with Crippen molar-refractivity contribution in [1.82, 2.24) is 9.88 Å². The van der Waals surface area contributed by atoms with E-state index in [1.54, 1.807) is 0 Å². The highest BCUT2D eigenvalue weighted by molar-refractivity contribution is 9.10. The molecule has 0 unspecified atom stereocenters. The highest BCUT2D eigenvalue weighted by Crippen LogP contribution is 2.28. The van der Waals surface area contributed by atoms with E-state index in [-0.39, 0.29) is 5.91 Å². The molecule has 0 atom stereocenters. The number of amides is 1. The second-order valence-corrected chi connectivity index (χ2v) is 5.06. The van der Waals surface area contributed by atoms with Crippen molar-refractivity contribution in [3.8, 4) is 0 Å². The number of halogens is 1. The molecular formula is C13H13BrN2O2. The number of aromatic nitrogens is 1. The number of aromatic amines is 1. The molecule has 1 aliphatic heterocycles. The smallest absolute Gasteiger partial charge is 0.271 e. The van der Waals surface area contributed by atoms with Crippen LogP contribution < -0.4 is 0 Å². The molecule has 0 bridgehead atoms. The van der Waals surface area contributed by atoms with E-state index in [4.69, 9.17) is 4.74 Å². The van der Waals surface area contributed by atoms with E-state index in [0.29, 0.717) is 32.0 Å². The average Bonchev–Trinajstić information content (AvgIpc) is 2.77. The number of nitrogens with one attached hydrogen (secondary N) is 1. The Balaban J connectivity index is 1.98. The van der Waals surface area contributed by atoms with Crippen molar-refractivity contribution >= 4 is 32.7 Å². The van der Waals surface area contributed by atoms with Gasteiger partial charge in [-0.3, -0.25) is 4.79 Å². The number of carbonyl (C=O) groups is 1. The minimum absolute atomic E-state index is 0.0291. The predicted molar refractivity (Wildman–Crippen MR) is 72.7 cm³/mol. The van der Waals surface area contributed by atoms with Crippen LogP contribution in [0.3, 0.4) is 0 Å². The van der Waals surface area contributed by atoms with Crippen LogP contribution in [0.15, 0.2) is 28.7 Å². The predicted octanol–water partition coefficient (Wildman–Crippen LogP) is 2.40. The molecule has 1 aromatic carbocycles. The van der Waals surface area contributed by atoms with Crippen molar-refractivity contribution in [2.24, 2.45) is 0 Å². The summed E-state index contributed by atoms with van der Waals surface area (Å²) in [6, 6.07) is 7.88. The van der Waals surface area contributed by atoms with Crippen LogP contribution in [0.2, 0.25) is 0 Å². The number of morpholine rings is 1. The van der Waals surface area contributed by atoms with Gasteiger partial charge in [0.25, 0.3) is 5.91 Å². The summed E-state index contributed by atoms with van der Waals surface area (Å²) >= 11 is 3.51. The molecule has 1 amide bonds. The van der Waals surface area contributed by atoms with E-state index in [2.05, 4.69) is 20.9 Å². The van der Waals surface area contributed by atoms with Gasteiger partial charge in [-0.15, -0.1) is 0 Å². The summed E-state index contributed by atoms with van der Waals surface area (Å²) in [6.45, 7) is 2.54. The van der Waals surface area contributed by atoms with Crippen molar-refractivity contribution in [1.29, 1.82) is 0 Å². The summed E-state index contributed by atoms with van der Waals surface area (Å²) < 4.78 is 6.10. The molecule has 2 heterocycles. The van der Waals surface area contributed by atoms with Gasteiger partial charge in [-0.2, -0.15) is 0 Å². The Labute approximate surface area is 113 Å². The third-order valence-corrected chi connectivity index (χ3v) is 3.98. The normalized spacial score (nSPS) is 16.2. The Morgan fingerprint density at radius 3 is 2.72 bits per heavy atom. The van der Waals surface area contributed by atoms with Crippen LogP contribution in [0.5, 0.6) is 0 Å². The molecule has 3 rings (SSSR count). The fourth-order valence-electron chi connectivity index (χ4n) is 2.18. The lowest BCUT2D eigenvalue weighted by molar-refractivity contribution is 0.0299. The summed E-state index contributed by atoms with van der Waals surface area (Å²) in [6.07, 6.45) is 0. The molecule has 0 spiro atoms. The van der Waals surface area contributed by atoms with Crippen LogP contribution >= 0.6 is 15.9 Å². The van der Waals surface area contributed by atoms with Crippen LogP contribution in [0.1, 0.15) is 10.5 Å². The van der Waals surface area contributed by atoms with Gasteiger partial charge >= 0.3 is 0 Å². The number of hydrogen-bond donors (Lipinski definition) is 1. The summed E-state index contributed by atoms with van der Waals surface area (Å²) in [5, 5.41) is 1.04. The zero-order chi connectivity index (χ0) is 12.5. The number of nitrogens with zero attached hydrogens (tertiary/aromatic N) is 1. The van der Waals surface area contributed by atoms with Gasteiger partial charge in [0.05, 0.1) is 17.7 Å². The lowest BCUT2D eigenvalue weighted by Gasteiger charge is -2.26. The number of H-pyrrole nitrogens is 1. The molecule has 0 radical (unpaired) electrons. The van der Waals surface area contributed by atoms with Crippen molar-refractivity contribution in [3.05, 3.63) is 34.4 Å². The molecule has 1 aliphatic rings. The first-order valence-electron chi connectivity index (χ1n) is 5.90. The molecule has 1 N–H and O–H groups in total. The molecule has 1 aromatic heterocycles. The number of benzene rings is 1. The van der Waals surface area contributed by atoms with Crippen LogP contribution in [0.25, 0.3) is 10.9 Å². The molecule has 4 nitrogen and oxygen atoms in total. The average molecular weight is 309 g/mol. The first-order valence-corrected chi connectivity index (χ1v) is 6.70. The minimum Gasteiger partial charge on any atom is -0.378 e. The van der Waals surface area contributed by atoms with Gasteiger partial charge in [-0.05, 0) is 22.0 Å². The number of fused-ring (bicyclic) bond motifs is 1. The molecule has 5 heteroatoms. The summed E-state index contributed by atoms with van der Waals surface area (Å²) in [4.78, 5) is 17.4. The Morgan fingerprint density at radius 1 is 1.28 bits per heavy atom. The Bertz CT molecular complexity index is 588. The molecule has 94 valence electrons. The summed E-state index contributed by atoms with van der Waals surface area (Å²) in [7, 11) is 0. The maximum absolute atomic E-state index is 12.4. The number of carbonyl (C=O) groups excluding carboxylic acids is 1. The molecule has 1 fully saturated rings. The van der Waals surface area contributed by atoms with Gasteiger partial charge in [0, 0.05) is 24.0 Å². The van der Waals surface area contributed by atoms with Crippen LogP contribution in [-0.4, -0.2) is 42.1 Å². The highest BCUT2D eigenvalue weighted by atomic mass is 79.9. The molecule has 18 heavy (non-hydrogen) atoms. The monoisotopic (exact) mass is 308 g/mol. The fraction of sp³-hybridized carbons (Fsp3) is 0.308. The van der Waals surface area contributed by atoms with Crippen molar-refractivity contribution < 1.29 is 9.53 Å². The van der Waals surface area contributed by atoms with Gasteiger partial charge in [-0.1, -0.05) is 18.2 Å². The molecule has 1 saturated heterocycles. The third kappa shape index (κ3) is 1.93. The van der Waals surface area contributed by atoms with Crippen molar-refractivity contribution in [3.63, 3.8) is 0 Å². The van der Waals surface area contributed by atoms with Gasteiger partial charge in [0.1, 0.15) is 5.69 Å². The summed E-state index contributed by atoms with van der Waals surface area (Å²) in [5.74, 6) is 0.0291. The number of ether oxygens (including phenoxy) is 1. The van der Waals surface area contributed by atoms with Crippen molar-refractivity contribution in [2.75, 3.05) is 26.3 Å². The number of rotatable bonds is 1. The van der Waals surface area contributed by atoms with Crippen molar-refractivity contribution in [2.45, 2.75) is 0 Å². The van der Waals surface area contributed by atoms with Gasteiger partial charge in [0.2, 0.25) is 0 Å². The van der Waals surface area contributed by atoms with Gasteiger partial charge < -0.3 is 14.6 Å².